The molecule has 0 bridgehead atoms. The molecule has 1 N–H and O–H groups in total. The Bertz CT molecular complexity index is 557. The molecule has 1 aromatic carbocycles. The van der Waals surface area contributed by atoms with Crippen molar-refractivity contribution in [2.75, 3.05) is 13.4 Å². The SMILES string of the molecule is COc1c(CNS(C)(=O)=O)cc(C)cc1C(C)(C)C. The summed E-state index contributed by atoms with van der Waals surface area (Å²) < 4.78 is 30.4. The molecule has 0 saturated carbocycles. The maximum absolute atomic E-state index is 11.2. The zero-order valence-corrected chi connectivity index (χ0v) is 13.3. The van der Waals surface area contributed by atoms with Gasteiger partial charge >= 0.3 is 0 Å². The van der Waals surface area contributed by atoms with E-state index in [9.17, 15) is 8.42 Å². The van der Waals surface area contributed by atoms with Gasteiger partial charge in [-0.15, -0.1) is 0 Å². The largest absolute Gasteiger partial charge is 0.496 e. The zero-order chi connectivity index (χ0) is 14.8. The summed E-state index contributed by atoms with van der Waals surface area (Å²) in [4.78, 5) is 0. The van der Waals surface area contributed by atoms with Crippen LogP contribution in [-0.2, 0) is 22.0 Å². The van der Waals surface area contributed by atoms with Gasteiger partial charge in [0, 0.05) is 17.7 Å². The molecule has 0 aliphatic heterocycles. The van der Waals surface area contributed by atoms with Crippen molar-refractivity contribution in [1.29, 1.82) is 0 Å². The van der Waals surface area contributed by atoms with Crippen molar-refractivity contribution in [2.24, 2.45) is 0 Å². The first-order valence-electron chi connectivity index (χ1n) is 6.17. The summed E-state index contributed by atoms with van der Waals surface area (Å²) in [6, 6.07) is 4.04. The molecule has 1 rings (SSSR count). The van der Waals surface area contributed by atoms with Gasteiger partial charge in [0.25, 0.3) is 0 Å². The fourth-order valence-corrected chi connectivity index (χ4v) is 2.40. The molecule has 5 heteroatoms. The van der Waals surface area contributed by atoms with E-state index in [0.29, 0.717) is 0 Å². The van der Waals surface area contributed by atoms with Crippen LogP contribution in [-0.4, -0.2) is 21.8 Å². The van der Waals surface area contributed by atoms with Crippen molar-refractivity contribution < 1.29 is 13.2 Å². The molecule has 0 unspecified atom stereocenters. The summed E-state index contributed by atoms with van der Waals surface area (Å²) >= 11 is 0. The van der Waals surface area contributed by atoms with Gasteiger partial charge in [0.05, 0.1) is 13.4 Å². The van der Waals surface area contributed by atoms with Gasteiger partial charge in [-0.3, -0.25) is 0 Å². The molecule has 19 heavy (non-hydrogen) atoms. The highest BCUT2D eigenvalue weighted by atomic mass is 32.2. The normalized spacial score (nSPS) is 12.5. The minimum absolute atomic E-state index is 0.0583. The van der Waals surface area contributed by atoms with Crippen LogP contribution in [0.5, 0.6) is 5.75 Å². The topological polar surface area (TPSA) is 55.4 Å². The van der Waals surface area contributed by atoms with Gasteiger partial charge in [-0.25, -0.2) is 13.1 Å². The molecule has 0 saturated heterocycles. The van der Waals surface area contributed by atoms with Gasteiger partial charge in [0.2, 0.25) is 10.0 Å². The summed E-state index contributed by atoms with van der Waals surface area (Å²) in [6.07, 6.45) is 1.15. The average Bonchev–Trinajstić information content (AvgIpc) is 2.23. The lowest BCUT2D eigenvalue weighted by molar-refractivity contribution is 0.392. The first kappa shape index (κ1) is 16.0. The highest BCUT2D eigenvalue weighted by Crippen LogP contribution is 2.35. The van der Waals surface area contributed by atoms with Crippen molar-refractivity contribution in [3.05, 3.63) is 28.8 Å². The number of hydrogen-bond donors (Lipinski definition) is 1. The third-order valence-electron chi connectivity index (χ3n) is 2.85. The number of aryl methyl sites for hydroxylation is 1. The highest BCUT2D eigenvalue weighted by molar-refractivity contribution is 7.88. The van der Waals surface area contributed by atoms with E-state index in [0.717, 1.165) is 28.7 Å². The molecule has 4 nitrogen and oxygen atoms in total. The standard InChI is InChI=1S/C14H23NO3S/c1-10-7-11(9-15-19(6,16)17)13(18-5)12(8-10)14(2,3)4/h7-8,15H,9H2,1-6H3. The van der Waals surface area contributed by atoms with Crippen LogP contribution in [0.25, 0.3) is 0 Å². The van der Waals surface area contributed by atoms with Gasteiger partial charge in [-0.1, -0.05) is 38.5 Å². The van der Waals surface area contributed by atoms with E-state index in [-0.39, 0.29) is 12.0 Å². The molecule has 0 atom stereocenters. The summed E-state index contributed by atoms with van der Waals surface area (Å²) in [5, 5.41) is 0. The number of nitrogens with one attached hydrogen (secondary N) is 1. The molecule has 0 radical (unpaired) electrons. The Morgan fingerprint density at radius 3 is 2.26 bits per heavy atom. The van der Waals surface area contributed by atoms with E-state index in [4.69, 9.17) is 4.74 Å². The van der Waals surface area contributed by atoms with E-state index in [1.807, 2.05) is 13.0 Å². The molecule has 0 amide bonds. The average molecular weight is 285 g/mol. The van der Waals surface area contributed by atoms with Gasteiger partial charge in [0.15, 0.2) is 0 Å². The van der Waals surface area contributed by atoms with Crippen molar-refractivity contribution >= 4 is 10.0 Å². The van der Waals surface area contributed by atoms with Crippen LogP contribution >= 0.6 is 0 Å². The Morgan fingerprint density at radius 1 is 1.26 bits per heavy atom. The lowest BCUT2D eigenvalue weighted by atomic mass is 9.84. The Kier molecular flexibility index (Phi) is 4.63. The highest BCUT2D eigenvalue weighted by Gasteiger charge is 2.22. The minimum atomic E-state index is -3.21. The van der Waals surface area contributed by atoms with E-state index >= 15 is 0 Å². The molecule has 0 aromatic heterocycles. The van der Waals surface area contributed by atoms with Crippen LogP contribution in [0.1, 0.15) is 37.5 Å². The number of benzene rings is 1. The van der Waals surface area contributed by atoms with Crippen LogP contribution in [0.3, 0.4) is 0 Å². The van der Waals surface area contributed by atoms with Crippen LogP contribution in [0.15, 0.2) is 12.1 Å². The van der Waals surface area contributed by atoms with Crippen molar-refractivity contribution in [2.45, 2.75) is 39.7 Å². The third kappa shape index (κ3) is 4.51. The van der Waals surface area contributed by atoms with Gasteiger partial charge in [-0.05, 0) is 12.3 Å². The van der Waals surface area contributed by atoms with Gasteiger partial charge < -0.3 is 4.74 Å². The van der Waals surface area contributed by atoms with E-state index < -0.39 is 10.0 Å². The number of hydrogen-bond acceptors (Lipinski definition) is 3. The third-order valence-corrected chi connectivity index (χ3v) is 3.52. The molecule has 0 spiro atoms. The predicted molar refractivity (Wildman–Crippen MR) is 78.1 cm³/mol. The second-order valence-electron chi connectivity index (χ2n) is 5.85. The Labute approximate surface area is 116 Å². The summed E-state index contributed by atoms with van der Waals surface area (Å²) in [5.41, 5.74) is 2.98. The Hall–Kier alpha value is -1.07. The number of rotatable bonds is 4. The van der Waals surface area contributed by atoms with Crippen LogP contribution in [0.4, 0.5) is 0 Å². The molecule has 0 heterocycles. The molecular weight excluding hydrogens is 262 g/mol. The fraction of sp³-hybridized carbons (Fsp3) is 0.571. The first-order chi connectivity index (χ1) is 8.54. The van der Waals surface area contributed by atoms with E-state index in [1.54, 1.807) is 7.11 Å². The Morgan fingerprint density at radius 2 is 1.84 bits per heavy atom. The maximum atomic E-state index is 11.2. The number of methoxy groups -OCH3 is 1. The zero-order valence-electron chi connectivity index (χ0n) is 12.5. The van der Waals surface area contributed by atoms with Crippen molar-refractivity contribution in [1.82, 2.24) is 4.72 Å². The molecule has 0 aliphatic carbocycles. The minimum Gasteiger partial charge on any atom is -0.496 e. The van der Waals surface area contributed by atoms with Crippen LogP contribution < -0.4 is 9.46 Å². The second-order valence-corrected chi connectivity index (χ2v) is 7.68. The first-order valence-corrected chi connectivity index (χ1v) is 8.06. The molecular formula is C14H23NO3S. The van der Waals surface area contributed by atoms with Crippen molar-refractivity contribution in [3.63, 3.8) is 0 Å². The predicted octanol–water partition coefficient (Wildman–Crippen LogP) is 2.35. The fourth-order valence-electron chi connectivity index (χ4n) is 1.99. The van der Waals surface area contributed by atoms with E-state index in [2.05, 4.69) is 31.6 Å². The summed E-state index contributed by atoms with van der Waals surface area (Å²) in [5.74, 6) is 0.759. The second kappa shape index (κ2) is 5.51. The molecule has 108 valence electrons. The van der Waals surface area contributed by atoms with Crippen LogP contribution in [0.2, 0.25) is 0 Å². The smallest absolute Gasteiger partial charge is 0.209 e. The van der Waals surface area contributed by atoms with Crippen LogP contribution in [0, 0.1) is 6.92 Å². The van der Waals surface area contributed by atoms with E-state index in [1.165, 1.54) is 0 Å². The molecule has 1 aromatic rings. The maximum Gasteiger partial charge on any atom is 0.209 e. The lowest BCUT2D eigenvalue weighted by Crippen LogP contribution is -2.22. The number of ether oxygens (including phenoxy) is 1. The summed E-state index contributed by atoms with van der Waals surface area (Å²) in [6.45, 7) is 8.57. The Balaban J connectivity index is 3.28. The molecule has 0 fully saturated rings. The summed E-state index contributed by atoms with van der Waals surface area (Å²) in [7, 11) is -1.60. The monoisotopic (exact) mass is 285 g/mol. The van der Waals surface area contributed by atoms with Crippen molar-refractivity contribution in [3.8, 4) is 5.75 Å². The van der Waals surface area contributed by atoms with Gasteiger partial charge in [0.1, 0.15) is 5.75 Å². The quantitative estimate of drug-likeness (QED) is 0.924. The number of sulfonamides is 1. The van der Waals surface area contributed by atoms with Gasteiger partial charge in [-0.2, -0.15) is 0 Å². The lowest BCUT2D eigenvalue weighted by Gasteiger charge is -2.25. The molecule has 0 aliphatic rings.